The van der Waals surface area contributed by atoms with E-state index in [1.165, 1.54) is 76.9 Å². The van der Waals surface area contributed by atoms with Crippen LogP contribution in [0.3, 0.4) is 0 Å². The minimum absolute atomic E-state index is 0.836. The molecule has 16 aromatic rings. The molecule has 0 spiro atoms. The highest BCUT2D eigenvalue weighted by atomic mass is 16.3. The summed E-state index contributed by atoms with van der Waals surface area (Å²) < 4.78 is 9.50. The number of nitrogens with zero attached hydrogens (tertiary/aromatic N) is 3. The topological polar surface area (TPSA) is 24.0 Å². The molecule has 0 amide bonds. The maximum Gasteiger partial charge on any atom is 0.137 e. The monoisotopic (exact) mass is 1020 g/mol. The molecule has 0 aliphatic rings. The Kier molecular flexibility index (Phi) is 10.5. The molecule has 0 radical (unpaired) electrons. The van der Waals surface area contributed by atoms with E-state index in [1.807, 2.05) is 0 Å². The summed E-state index contributed by atoms with van der Waals surface area (Å²) in [5.41, 5.74) is 21.1. The molecule has 0 saturated heterocycles. The van der Waals surface area contributed by atoms with Crippen LogP contribution >= 0.6 is 0 Å². The van der Waals surface area contributed by atoms with Crippen molar-refractivity contribution in [2.24, 2.45) is 0 Å². The van der Waals surface area contributed by atoms with Gasteiger partial charge in [0.2, 0.25) is 0 Å². The van der Waals surface area contributed by atoms with Crippen molar-refractivity contribution in [2.75, 3.05) is 9.80 Å². The highest BCUT2D eigenvalue weighted by Crippen LogP contribution is 2.50. The third-order valence-corrected chi connectivity index (χ3v) is 16.2. The number of hydrogen-bond donors (Lipinski definition) is 0. The summed E-state index contributed by atoms with van der Waals surface area (Å²) in [5.74, 6) is 0. The maximum atomic E-state index is 6.96. The van der Waals surface area contributed by atoms with Gasteiger partial charge in [-0.2, -0.15) is 0 Å². The van der Waals surface area contributed by atoms with Crippen LogP contribution in [0, 0.1) is 0 Å². The lowest BCUT2D eigenvalue weighted by molar-refractivity contribution is 0.669. The summed E-state index contributed by atoms with van der Waals surface area (Å²) >= 11 is 0. The van der Waals surface area contributed by atoms with E-state index in [-0.39, 0.29) is 0 Å². The molecule has 0 fully saturated rings. The van der Waals surface area contributed by atoms with Gasteiger partial charge in [0, 0.05) is 72.2 Å². The second kappa shape index (κ2) is 18.5. The first-order valence-corrected chi connectivity index (χ1v) is 27.4. The lowest BCUT2D eigenvalue weighted by atomic mass is 9.99. The lowest BCUT2D eigenvalue weighted by Gasteiger charge is -2.27. The molecule has 0 aliphatic heterocycles. The SMILES string of the molecule is c1ccc(-c2cccc(N(c3cccc(-c4ccccc4)c3)c3ccc4c(c3)oc3ccc5c(ccc6c7ccc(N(c8cccc(-c9ccccc9)c8)c8cccc(-c9ccccc9)c8)c8c9ccccc9n(c56)c78)c34)c2)cc1. The summed E-state index contributed by atoms with van der Waals surface area (Å²) in [7, 11) is 0. The van der Waals surface area contributed by atoms with Crippen LogP contribution < -0.4 is 9.80 Å². The van der Waals surface area contributed by atoms with E-state index in [2.05, 4.69) is 311 Å². The Labute approximate surface area is 462 Å². The molecular formula is C76H49N3O. The highest BCUT2D eigenvalue weighted by Gasteiger charge is 2.26. The summed E-state index contributed by atoms with van der Waals surface area (Å²) in [4.78, 5) is 4.82. The summed E-state index contributed by atoms with van der Waals surface area (Å²) in [5, 5.41) is 9.41. The molecule has 80 heavy (non-hydrogen) atoms. The first-order chi connectivity index (χ1) is 39.7. The largest absolute Gasteiger partial charge is 0.456 e. The van der Waals surface area contributed by atoms with E-state index in [9.17, 15) is 0 Å². The zero-order valence-electron chi connectivity index (χ0n) is 43.5. The van der Waals surface area contributed by atoms with Crippen molar-refractivity contribution in [3.63, 3.8) is 0 Å². The van der Waals surface area contributed by atoms with Crippen molar-refractivity contribution in [2.45, 2.75) is 0 Å². The van der Waals surface area contributed by atoms with E-state index in [1.54, 1.807) is 0 Å². The minimum Gasteiger partial charge on any atom is -0.456 e. The smallest absolute Gasteiger partial charge is 0.137 e. The number of anilines is 6. The highest BCUT2D eigenvalue weighted by molar-refractivity contribution is 6.32. The Hall–Kier alpha value is -10.7. The molecule has 0 bridgehead atoms. The van der Waals surface area contributed by atoms with Gasteiger partial charge in [-0.1, -0.05) is 206 Å². The third kappa shape index (κ3) is 7.38. The molecule has 4 heteroatoms. The van der Waals surface area contributed by atoms with Gasteiger partial charge in [-0.25, -0.2) is 0 Å². The average Bonchev–Trinajstić information content (AvgIpc) is 4.25. The first-order valence-electron chi connectivity index (χ1n) is 27.4. The zero-order valence-corrected chi connectivity index (χ0v) is 43.5. The van der Waals surface area contributed by atoms with E-state index in [4.69, 9.17) is 4.42 Å². The summed E-state index contributed by atoms with van der Waals surface area (Å²) in [6, 6.07) is 108. The van der Waals surface area contributed by atoms with Gasteiger partial charge in [-0.15, -0.1) is 0 Å². The van der Waals surface area contributed by atoms with Crippen molar-refractivity contribution < 1.29 is 4.42 Å². The normalized spacial score (nSPS) is 11.8. The van der Waals surface area contributed by atoms with Crippen LogP contribution in [-0.2, 0) is 0 Å². The van der Waals surface area contributed by atoms with Crippen LogP contribution in [0.1, 0.15) is 0 Å². The van der Waals surface area contributed by atoms with Gasteiger partial charge in [0.15, 0.2) is 0 Å². The van der Waals surface area contributed by atoms with E-state index < -0.39 is 0 Å². The summed E-state index contributed by atoms with van der Waals surface area (Å²) in [6.07, 6.45) is 0. The number of fused-ring (bicyclic) bond motifs is 12. The Bertz CT molecular complexity index is 4840. The molecule has 374 valence electrons. The number of para-hydroxylation sites is 1. The van der Waals surface area contributed by atoms with Crippen LogP contribution in [-0.4, -0.2) is 4.40 Å². The Balaban J connectivity index is 0.887. The van der Waals surface area contributed by atoms with Crippen LogP contribution in [0.15, 0.2) is 302 Å². The Morgan fingerprint density at radius 3 is 1.18 bits per heavy atom. The maximum absolute atomic E-state index is 6.96. The van der Waals surface area contributed by atoms with Crippen LogP contribution in [0.4, 0.5) is 34.1 Å². The van der Waals surface area contributed by atoms with Crippen molar-refractivity contribution in [3.05, 3.63) is 297 Å². The van der Waals surface area contributed by atoms with Crippen molar-refractivity contribution in [3.8, 4) is 44.5 Å². The van der Waals surface area contributed by atoms with E-state index >= 15 is 0 Å². The van der Waals surface area contributed by atoms with Crippen molar-refractivity contribution in [1.29, 1.82) is 0 Å². The number of benzene rings is 13. The number of aromatic nitrogens is 1. The predicted molar refractivity (Wildman–Crippen MR) is 337 cm³/mol. The predicted octanol–water partition coefficient (Wildman–Crippen LogP) is 21.5. The molecule has 0 N–H and O–H groups in total. The molecule has 16 rings (SSSR count). The molecular weight excluding hydrogens is 971 g/mol. The molecule has 0 unspecified atom stereocenters. The fourth-order valence-corrected chi connectivity index (χ4v) is 12.7. The Morgan fingerprint density at radius 2 is 0.637 bits per heavy atom. The summed E-state index contributed by atoms with van der Waals surface area (Å²) in [6.45, 7) is 0. The van der Waals surface area contributed by atoms with Gasteiger partial charge >= 0.3 is 0 Å². The van der Waals surface area contributed by atoms with Crippen LogP contribution in [0.2, 0.25) is 0 Å². The lowest BCUT2D eigenvalue weighted by Crippen LogP contribution is -2.10. The number of hydrogen-bond acceptors (Lipinski definition) is 3. The fourth-order valence-electron chi connectivity index (χ4n) is 12.7. The van der Waals surface area contributed by atoms with Crippen LogP contribution in [0.25, 0.3) is 115 Å². The third-order valence-electron chi connectivity index (χ3n) is 16.2. The number of furan rings is 1. The van der Waals surface area contributed by atoms with Crippen molar-refractivity contribution in [1.82, 2.24) is 4.40 Å². The minimum atomic E-state index is 0.836. The van der Waals surface area contributed by atoms with Crippen molar-refractivity contribution >= 4 is 105 Å². The second-order valence-electron chi connectivity index (χ2n) is 20.8. The first kappa shape index (κ1) is 45.5. The van der Waals surface area contributed by atoms with Gasteiger partial charge in [-0.05, 0) is 135 Å². The molecule has 3 aromatic heterocycles. The van der Waals surface area contributed by atoms with Crippen LogP contribution in [0.5, 0.6) is 0 Å². The molecule has 0 saturated carbocycles. The molecule has 0 aliphatic carbocycles. The number of rotatable bonds is 10. The van der Waals surface area contributed by atoms with E-state index in [0.29, 0.717) is 0 Å². The standard InChI is InChI=1S/C76H49N3O/c1-5-19-50(20-6-1)54-27-15-31-58(45-54)77(59-32-16-28-55(46-59)51-21-7-2-8-22-51)62-37-38-68-72(49-62)80-71-44-42-64-63(73(68)71)39-40-65-66-41-43-70(74-67-35-13-14-36-69(67)79(75(64)65)76(66)74)78(60-33-17-29-56(47-60)52-23-9-3-10-24-52)61-34-18-30-57(48-61)53-25-11-4-12-26-53/h1-49H. The van der Waals surface area contributed by atoms with Gasteiger partial charge < -0.3 is 18.6 Å². The quantitative estimate of drug-likeness (QED) is 0.136. The van der Waals surface area contributed by atoms with Gasteiger partial charge in [0.05, 0.1) is 22.2 Å². The average molecular weight is 1020 g/mol. The zero-order chi connectivity index (χ0) is 52.7. The molecule has 0 atom stereocenters. The molecule has 4 nitrogen and oxygen atoms in total. The second-order valence-corrected chi connectivity index (χ2v) is 20.8. The van der Waals surface area contributed by atoms with Gasteiger partial charge in [-0.3, -0.25) is 0 Å². The van der Waals surface area contributed by atoms with E-state index in [0.717, 1.165) is 72.6 Å². The van der Waals surface area contributed by atoms with Gasteiger partial charge in [0.1, 0.15) is 11.2 Å². The molecule has 3 heterocycles. The fraction of sp³-hybridized carbons (Fsp3) is 0. The molecule has 13 aromatic carbocycles. The van der Waals surface area contributed by atoms with Gasteiger partial charge in [0.25, 0.3) is 0 Å². The Morgan fingerprint density at radius 1 is 0.237 bits per heavy atom.